The summed E-state index contributed by atoms with van der Waals surface area (Å²) in [4.78, 5) is 40.7. The van der Waals surface area contributed by atoms with Crippen molar-refractivity contribution >= 4 is 23.9 Å². The van der Waals surface area contributed by atoms with Gasteiger partial charge in [-0.15, -0.1) is 0 Å². The second-order valence-electron chi connectivity index (χ2n) is 4.19. The van der Waals surface area contributed by atoms with Gasteiger partial charge in [0, 0.05) is 6.08 Å². The number of aliphatic carboxylic acids is 3. The zero-order chi connectivity index (χ0) is 19.0. The van der Waals surface area contributed by atoms with Crippen LogP contribution in [0.25, 0.3) is 0 Å². The Bertz CT molecular complexity index is 587. The van der Waals surface area contributed by atoms with Gasteiger partial charge in [0.25, 0.3) is 0 Å². The lowest BCUT2D eigenvalue weighted by Gasteiger charge is -2.13. The molecule has 1 aliphatic rings. The average molecular weight is 350 g/mol. The summed E-state index contributed by atoms with van der Waals surface area (Å²) in [5.74, 6) is -7.18. The maximum atomic E-state index is 10.5. The first kappa shape index (κ1) is 20.9. The number of aliphatic hydroxyl groups excluding tert-OH is 4. The van der Waals surface area contributed by atoms with Crippen molar-refractivity contribution in [3.8, 4) is 0 Å². The minimum Gasteiger partial charge on any atom is -0.505 e. The van der Waals surface area contributed by atoms with Gasteiger partial charge in [0.1, 0.15) is 6.10 Å². The van der Waals surface area contributed by atoms with E-state index in [-0.39, 0.29) is 0 Å². The maximum absolute atomic E-state index is 10.5. The minimum atomic E-state index is -1.54. The lowest BCUT2D eigenvalue weighted by molar-refractivity contribution is -0.147. The monoisotopic (exact) mass is 350 g/mol. The van der Waals surface area contributed by atoms with E-state index in [2.05, 4.69) is 4.74 Å². The SMILES string of the molecule is O=C(O)C=C(CC(=O)O)C(=O)O.O=C1O[C@H]([C@@H](O)CO)C(O)=C1O. The van der Waals surface area contributed by atoms with Crippen LogP contribution in [0.4, 0.5) is 0 Å². The summed E-state index contributed by atoms with van der Waals surface area (Å²) in [6.07, 6.45) is -3.22. The second kappa shape index (κ2) is 9.12. The van der Waals surface area contributed by atoms with Gasteiger partial charge in [-0.25, -0.2) is 14.4 Å². The summed E-state index contributed by atoms with van der Waals surface area (Å²) >= 11 is 0. The summed E-state index contributed by atoms with van der Waals surface area (Å²) in [6, 6.07) is 0. The second-order valence-corrected chi connectivity index (χ2v) is 4.19. The van der Waals surface area contributed by atoms with E-state index in [4.69, 9.17) is 35.7 Å². The molecule has 1 heterocycles. The Morgan fingerprint density at radius 1 is 1.17 bits per heavy atom. The van der Waals surface area contributed by atoms with E-state index in [1.54, 1.807) is 0 Å². The van der Waals surface area contributed by atoms with Crippen molar-refractivity contribution in [3.05, 3.63) is 23.2 Å². The Labute approximate surface area is 133 Å². The largest absolute Gasteiger partial charge is 0.505 e. The summed E-state index contributed by atoms with van der Waals surface area (Å²) in [7, 11) is 0. The van der Waals surface area contributed by atoms with Gasteiger partial charge in [0.15, 0.2) is 11.9 Å². The molecule has 0 saturated carbocycles. The molecule has 0 aromatic heterocycles. The van der Waals surface area contributed by atoms with E-state index in [1.165, 1.54) is 0 Å². The molecule has 12 nitrogen and oxygen atoms in total. The van der Waals surface area contributed by atoms with Crippen LogP contribution in [0.3, 0.4) is 0 Å². The first-order valence-electron chi connectivity index (χ1n) is 6.01. The van der Waals surface area contributed by atoms with Crippen LogP contribution >= 0.6 is 0 Å². The number of hydrogen-bond donors (Lipinski definition) is 7. The van der Waals surface area contributed by atoms with E-state index in [9.17, 15) is 19.2 Å². The summed E-state index contributed by atoms with van der Waals surface area (Å²) in [5, 5.41) is 59.6. The Hall–Kier alpha value is -3.12. The molecular formula is C12H14O12. The molecule has 1 rings (SSSR count). The lowest BCUT2D eigenvalue weighted by atomic mass is 10.2. The molecule has 7 N–H and O–H groups in total. The van der Waals surface area contributed by atoms with Crippen molar-refractivity contribution in [1.29, 1.82) is 0 Å². The summed E-state index contributed by atoms with van der Waals surface area (Å²) in [6.45, 7) is -0.671. The molecule has 0 aromatic carbocycles. The molecule has 0 spiro atoms. The standard InChI is InChI=1S/C6H8O6.C6H6O6/c7-1-2(8)5-3(9)4(10)6(11)12-5;7-4(8)1-3(6(11)12)2-5(9)10/h2,5,7-10H,1H2;1H,2H2,(H,7,8)(H,9,10)(H,11,12)/t2-,5+;/m0./s1. The zero-order valence-corrected chi connectivity index (χ0v) is 11.8. The Morgan fingerprint density at radius 2 is 1.71 bits per heavy atom. The highest BCUT2D eigenvalue weighted by Crippen LogP contribution is 2.20. The number of cyclic esters (lactones) is 1. The Kier molecular flexibility index (Phi) is 7.93. The molecular weight excluding hydrogens is 336 g/mol. The number of carboxylic acid groups (broad SMARTS) is 3. The van der Waals surface area contributed by atoms with Crippen LogP contribution in [-0.4, -0.2) is 78.4 Å². The van der Waals surface area contributed by atoms with Crippen LogP contribution in [0, 0.1) is 0 Å². The van der Waals surface area contributed by atoms with Gasteiger partial charge in [-0.3, -0.25) is 4.79 Å². The van der Waals surface area contributed by atoms with E-state index in [0.717, 1.165) is 0 Å². The smallest absolute Gasteiger partial charge is 0.377 e. The van der Waals surface area contributed by atoms with Gasteiger partial charge in [0.05, 0.1) is 18.6 Å². The van der Waals surface area contributed by atoms with Crippen molar-refractivity contribution in [2.24, 2.45) is 0 Å². The summed E-state index contributed by atoms with van der Waals surface area (Å²) < 4.78 is 4.32. The summed E-state index contributed by atoms with van der Waals surface area (Å²) in [5.41, 5.74) is -0.657. The highest BCUT2D eigenvalue weighted by molar-refractivity contribution is 5.98. The number of hydrogen-bond acceptors (Lipinski definition) is 9. The number of carboxylic acids is 3. The third-order valence-electron chi connectivity index (χ3n) is 2.39. The molecule has 2 atom stereocenters. The van der Waals surface area contributed by atoms with Gasteiger partial charge < -0.3 is 40.5 Å². The quantitative estimate of drug-likeness (QED) is 0.207. The van der Waals surface area contributed by atoms with Crippen LogP contribution < -0.4 is 0 Å². The molecule has 0 aromatic rings. The average Bonchev–Trinajstić information content (AvgIpc) is 2.73. The van der Waals surface area contributed by atoms with Gasteiger partial charge in [-0.05, 0) is 0 Å². The Balaban J connectivity index is 0.000000441. The maximum Gasteiger partial charge on any atom is 0.377 e. The fraction of sp³-hybridized carbons (Fsp3) is 0.333. The van der Waals surface area contributed by atoms with Crippen molar-refractivity contribution in [3.63, 3.8) is 0 Å². The first-order valence-corrected chi connectivity index (χ1v) is 6.01. The normalized spacial score (nSPS) is 18.3. The van der Waals surface area contributed by atoms with E-state index in [1.807, 2.05) is 0 Å². The molecule has 24 heavy (non-hydrogen) atoms. The molecule has 0 aliphatic carbocycles. The van der Waals surface area contributed by atoms with E-state index < -0.39 is 66.2 Å². The fourth-order valence-corrected chi connectivity index (χ4v) is 1.32. The number of ether oxygens (including phenoxy) is 1. The molecule has 134 valence electrons. The van der Waals surface area contributed by atoms with Gasteiger partial charge in [-0.2, -0.15) is 0 Å². The third-order valence-corrected chi connectivity index (χ3v) is 2.39. The number of aliphatic hydroxyl groups is 4. The molecule has 12 heteroatoms. The molecule has 0 amide bonds. The lowest BCUT2D eigenvalue weighted by Crippen LogP contribution is -2.31. The van der Waals surface area contributed by atoms with Crippen LogP contribution in [0.15, 0.2) is 23.2 Å². The van der Waals surface area contributed by atoms with Gasteiger partial charge in [0.2, 0.25) is 5.76 Å². The number of esters is 1. The molecule has 1 aliphatic heterocycles. The number of carbonyl (C=O) groups is 4. The van der Waals surface area contributed by atoms with Crippen LogP contribution in [0.1, 0.15) is 6.42 Å². The topological polar surface area (TPSA) is 219 Å². The minimum absolute atomic E-state index is 0.358. The van der Waals surface area contributed by atoms with Crippen molar-refractivity contribution in [1.82, 2.24) is 0 Å². The predicted molar refractivity (Wildman–Crippen MR) is 70.9 cm³/mol. The van der Waals surface area contributed by atoms with E-state index in [0.29, 0.717) is 6.08 Å². The zero-order valence-electron chi connectivity index (χ0n) is 11.8. The molecule has 0 radical (unpaired) electrons. The van der Waals surface area contributed by atoms with E-state index >= 15 is 0 Å². The van der Waals surface area contributed by atoms with Crippen molar-refractivity contribution < 1.29 is 59.7 Å². The molecule has 0 unspecified atom stereocenters. The predicted octanol–water partition coefficient (Wildman–Crippen LogP) is -1.85. The van der Waals surface area contributed by atoms with Crippen LogP contribution in [0.5, 0.6) is 0 Å². The number of carbonyl (C=O) groups excluding carboxylic acids is 1. The van der Waals surface area contributed by atoms with Crippen LogP contribution in [-0.2, 0) is 23.9 Å². The van der Waals surface area contributed by atoms with Crippen molar-refractivity contribution in [2.75, 3.05) is 6.61 Å². The van der Waals surface area contributed by atoms with Gasteiger partial charge >= 0.3 is 23.9 Å². The Morgan fingerprint density at radius 3 is 2.00 bits per heavy atom. The molecule has 0 fully saturated rings. The third kappa shape index (κ3) is 6.33. The van der Waals surface area contributed by atoms with Crippen molar-refractivity contribution in [2.45, 2.75) is 18.6 Å². The van der Waals surface area contributed by atoms with Gasteiger partial charge in [-0.1, -0.05) is 0 Å². The van der Waals surface area contributed by atoms with Crippen LogP contribution in [0.2, 0.25) is 0 Å². The first-order chi connectivity index (χ1) is 11.0. The fourth-order valence-electron chi connectivity index (χ4n) is 1.32. The number of rotatable bonds is 6. The highest BCUT2D eigenvalue weighted by atomic mass is 16.6. The highest BCUT2D eigenvalue weighted by Gasteiger charge is 2.38. The molecule has 0 bridgehead atoms. The molecule has 0 saturated heterocycles.